The molecule has 0 aromatic carbocycles. The van der Waals surface area contributed by atoms with Crippen LogP contribution in [0, 0.1) is 5.41 Å². The molecule has 0 atom stereocenters. The Bertz CT molecular complexity index is 1020. The number of aldehydes is 1. The van der Waals surface area contributed by atoms with Crippen molar-refractivity contribution >= 4 is 28.7 Å². The number of aromatic nitrogens is 5. The van der Waals surface area contributed by atoms with Crippen LogP contribution in [0.1, 0.15) is 44.1 Å². The minimum Gasteiger partial charge on any atom is -0.460 e. The lowest BCUT2D eigenvalue weighted by molar-refractivity contribution is -0.107. The van der Waals surface area contributed by atoms with E-state index in [1.807, 2.05) is 6.07 Å². The maximum Gasteiger partial charge on any atom is 0.317 e. The van der Waals surface area contributed by atoms with Crippen LogP contribution in [0.25, 0.3) is 10.6 Å². The second-order valence-electron chi connectivity index (χ2n) is 7.98. The number of hydrogen-bond acceptors (Lipinski definition) is 9. The standard InChI is InChI=1S/C21H22N6O2S/c28-10-4-14-11-23-18(24-12-14)27-20-25-13-17(30-20)16-3-9-22-19(26-16)29-15-1-5-21(6-2-15)7-8-21/h3,9-13,15H,1-2,4-8H2,(H,23,24,25,27). The van der Waals surface area contributed by atoms with Crippen LogP contribution in [-0.2, 0) is 11.2 Å². The van der Waals surface area contributed by atoms with Gasteiger partial charge in [-0.05, 0) is 55.6 Å². The molecule has 1 N–H and O–H groups in total. The van der Waals surface area contributed by atoms with E-state index >= 15 is 0 Å². The Morgan fingerprint density at radius 3 is 2.63 bits per heavy atom. The molecule has 2 saturated carbocycles. The van der Waals surface area contributed by atoms with E-state index in [4.69, 9.17) is 4.74 Å². The summed E-state index contributed by atoms with van der Waals surface area (Å²) in [4.78, 5) is 33.1. The van der Waals surface area contributed by atoms with Crippen molar-refractivity contribution in [3.8, 4) is 16.6 Å². The molecule has 0 bridgehead atoms. The third-order valence-electron chi connectivity index (χ3n) is 5.86. The summed E-state index contributed by atoms with van der Waals surface area (Å²) < 4.78 is 6.07. The predicted molar refractivity (Wildman–Crippen MR) is 113 cm³/mol. The molecule has 3 heterocycles. The molecule has 1 spiro atoms. The molecule has 0 radical (unpaired) electrons. The first-order valence-corrected chi connectivity index (χ1v) is 11.0. The summed E-state index contributed by atoms with van der Waals surface area (Å²) in [6, 6.07) is 2.29. The van der Waals surface area contributed by atoms with Crippen molar-refractivity contribution in [2.45, 2.75) is 51.0 Å². The quantitative estimate of drug-likeness (QED) is 0.571. The van der Waals surface area contributed by atoms with Crippen LogP contribution in [-0.4, -0.2) is 37.3 Å². The lowest BCUT2D eigenvalue weighted by Gasteiger charge is -2.28. The van der Waals surface area contributed by atoms with Crippen molar-refractivity contribution in [1.29, 1.82) is 0 Å². The molecule has 0 amide bonds. The topological polar surface area (TPSA) is 103 Å². The van der Waals surface area contributed by atoms with Gasteiger partial charge in [0.2, 0.25) is 5.95 Å². The molecule has 5 rings (SSSR count). The molecule has 2 fully saturated rings. The van der Waals surface area contributed by atoms with Crippen molar-refractivity contribution in [3.63, 3.8) is 0 Å². The summed E-state index contributed by atoms with van der Waals surface area (Å²) in [7, 11) is 0. The number of anilines is 2. The fraction of sp³-hybridized carbons (Fsp3) is 0.429. The Labute approximate surface area is 178 Å². The Balaban J connectivity index is 1.23. The maximum absolute atomic E-state index is 10.6. The van der Waals surface area contributed by atoms with E-state index in [1.165, 1.54) is 37.0 Å². The van der Waals surface area contributed by atoms with Gasteiger partial charge in [0.15, 0.2) is 5.13 Å². The van der Waals surface area contributed by atoms with Crippen LogP contribution in [0.4, 0.5) is 11.1 Å². The summed E-state index contributed by atoms with van der Waals surface area (Å²) in [5.41, 5.74) is 2.20. The van der Waals surface area contributed by atoms with Gasteiger partial charge in [-0.15, -0.1) is 0 Å². The highest BCUT2D eigenvalue weighted by molar-refractivity contribution is 7.18. The monoisotopic (exact) mass is 422 g/mol. The molecule has 2 aliphatic rings. The first kappa shape index (κ1) is 19.0. The van der Waals surface area contributed by atoms with Crippen LogP contribution in [0.3, 0.4) is 0 Å². The van der Waals surface area contributed by atoms with E-state index < -0.39 is 0 Å². The van der Waals surface area contributed by atoms with Crippen LogP contribution < -0.4 is 10.1 Å². The maximum atomic E-state index is 10.6. The third kappa shape index (κ3) is 4.30. The fourth-order valence-electron chi connectivity index (χ4n) is 3.85. The highest BCUT2D eigenvalue weighted by Gasteiger charge is 2.45. The first-order chi connectivity index (χ1) is 14.7. The Morgan fingerprint density at radius 2 is 1.90 bits per heavy atom. The molecule has 9 heteroatoms. The number of hydrogen-bond donors (Lipinski definition) is 1. The first-order valence-electron chi connectivity index (χ1n) is 10.2. The average molecular weight is 423 g/mol. The lowest BCUT2D eigenvalue weighted by atomic mass is 9.85. The van der Waals surface area contributed by atoms with Gasteiger partial charge in [0, 0.05) is 31.2 Å². The van der Waals surface area contributed by atoms with Crippen molar-refractivity contribution in [2.75, 3.05) is 5.32 Å². The average Bonchev–Trinajstić information content (AvgIpc) is 3.36. The van der Waals surface area contributed by atoms with Crippen molar-refractivity contribution < 1.29 is 9.53 Å². The number of rotatable bonds is 7. The molecular formula is C21H22N6O2S. The van der Waals surface area contributed by atoms with Crippen LogP contribution >= 0.6 is 11.3 Å². The smallest absolute Gasteiger partial charge is 0.317 e. The molecule has 2 aliphatic carbocycles. The number of nitrogens with zero attached hydrogens (tertiary/aromatic N) is 5. The molecule has 0 aliphatic heterocycles. The van der Waals surface area contributed by atoms with E-state index in [-0.39, 0.29) is 6.10 Å². The molecule has 154 valence electrons. The summed E-state index contributed by atoms with van der Waals surface area (Å²) >= 11 is 1.45. The molecule has 0 saturated heterocycles. The number of nitrogens with one attached hydrogen (secondary N) is 1. The van der Waals surface area contributed by atoms with Gasteiger partial charge in [0.25, 0.3) is 0 Å². The van der Waals surface area contributed by atoms with Gasteiger partial charge in [0.1, 0.15) is 12.4 Å². The lowest BCUT2D eigenvalue weighted by Crippen LogP contribution is -2.25. The van der Waals surface area contributed by atoms with E-state index in [0.29, 0.717) is 28.9 Å². The summed E-state index contributed by atoms with van der Waals surface area (Å²) in [5.74, 6) is 0.433. The fourth-order valence-corrected chi connectivity index (χ4v) is 4.63. The van der Waals surface area contributed by atoms with E-state index in [1.54, 1.807) is 24.8 Å². The van der Waals surface area contributed by atoms with E-state index in [2.05, 4.69) is 30.2 Å². The Hall–Kier alpha value is -2.94. The molecule has 3 aromatic heterocycles. The highest BCUT2D eigenvalue weighted by atomic mass is 32.1. The van der Waals surface area contributed by atoms with Gasteiger partial charge in [-0.2, -0.15) is 4.98 Å². The SMILES string of the molecule is O=CCc1cnc(Nc2ncc(-c3ccnc(OC4CCC5(CC4)CC5)n3)s2)nc1. The number of ether oxygens (including phenoxy) is 1. The number of thiazole rings is 1. The minimum atomic E-state index is 0.212. The zero-order valence-corrected chi connectivity index (χ0v) is 17.3. The van der Waals surface area contributed by atoms with Crippen molar-refractivity contribution in [3.05, 3.63) is 36.4 Å². The third-order valence-corrected chi connectivity index (χ3v) is 6.79. The van der Waals surface area contributed by atoms with E-state index in [9.17, 15) is 4.79 Å². The number of carbonyl (C=O) groups excluding carboxylic acids is 1. The second-order valence-corrected chi connectivity index (χ2v) is 9.01. The van der Waals surface area contributed by atoms with E-state index in [0.717, 1.165) is 35.3 Å². The normalized spacial score (nSPS) is 17.6. The minimum absolute atomic E-state index is 0.212. The zero-order valence-electron chi connectivity index (χ0n) is 16.5. The molecule has 30 heavy (non-hydrogen) atoms. The molecular weight excluding hydrogens is 400 g/mol. The molecule has 8 nitrogen and oxygen atoms in total. The van der Waals surface area contributed by atoms with Gasteiger partial charge >= 0.3 is 6.01 Å². The summed E-state index contributed by atoms with van der Waals surface area (Å²) in [6.45, 7) is 0. The van der Waals surface area contributed by atoms with Crippen LogP contribution in [0.2, 0.25) is 0 Å². The predicted octanol–water partition coefficient (Wildman–Crippen LogP) is 3.98. The van der Waals surface area contributed by atoms with Gasteiger partial charge in [0.05, 0.1) is 10.6 Å². The number of carbonyl (C=O) groups is 1. The Morgan fingerprint density at radius 1 is 1.10 bits per heavy atom. The highest BCUT2D eigenvalue weighted by Crippen LogP contribution is 2.56. The largest absolute Gasteiger partial charge is 0.460 e. The van der Waals surface area contributed by atoms with Crippen LogP contribution in [0.15, 0.2) is 30.9 Å². The van der Waals surface area contributed by atoms with Crippen molar-refractivity contribution in [1.82, 2.24) is 24.9 Å². The summed E-state index contributed by atoms with van der Waals surface area (Å²) in [6.07, 6.45) is 15.6. The van der Waals surface area contributed by atoms with Gasteiger partial charge in [-0.1, -0.05) is 11.3 Å². The van der Waals surface area contributed by atoms with Gasteiger partial charge < -0.3 is 14.8 Å². The molecule has 0 unspecified atom stereocenters. The van der Waals surface area contributed by atoms with Crippen LogP contribution in [0.5, 0.6) is 6.01 Å². The zero-order chi connectivity index (χ0) is 20.4. The van der Waals surface area contributed by atoms with Crippen molar-refractivity contribution in [2.24, 2.45) is 5.41 Å². The van der Waals surface area contributed by atoms with Gasteiger partial charge in [-0.25, -0.2) is 19.9 Å². The summed E-state index contributed by atoms with van der Waals surface area (Å²) in [5, 5.41) is 3.74. The Kier molecular flexibility index (Phi) is 5.12. The molecule has 3 aromatic rings. The van der Waals surface area contributed by atoms with Gasteiger partial charge in [-0.3, -0.25) is 0 Å². The second kappa shape index (κ2) is 8.06.